The Labute approximate surface area is 90.9 Å². The third-order valence-electron chi connectivity index (χ3n) is 1.96. The molecule has 0 atom stereocenters. The lowest BCUT2D eigenvalue weighted by molar-refractivity contribution is 0.732. The number of halogens is 1. The zero-order valence-electron chi connectivity index (χ0n) is 8.09. The van der Waals surface area contributed by atoms with E-state index in [1.54, 1.807) is 10.9 Å². The Morgan fingerprint density at radius 1 is 1.53 bits per heavy atom. The first-order chi connectivity index (χ1) is 7.15. The Morgan fingerprint density at radius 3 is 2.93 bits per heavy atom. The predicted octanol–water partition coefficient (Wildman–Crippen LogP) is 0.678. The molecule has 78 valence electrons. The Bertz CT molecular complexity index is 531. The van der Waals surface area contributed by atoms with Crippen molar-refractivity contribution in [1.82, 2.24) is 19.3 Å². The Balaban J connectivity index is 2.28. The van der Waals surface area contributed by atoms with Gasteiger partial charge in [0, 0.05) is 24.9 Å². The molecule has 0 saturated carbocycles. The second-order valence-corrected chi connectivity index (χ2v) is 3.59. The molecule has 0 saturated heterocycles. The van der Waals surface area contributed by atoms with Crippen LogP contribution in [0.5, 0.6) is 0 Å². The van der Waals surface area contributed by atoms with Crippen LogP contribution in [0.25, 0.3) is 0 Å². The highest BCUT2D eigenvalue weighted by molar-refractivity contribution is 6.29. The van der Waals surface area contributed by atoms with Crippen molar-refractivity contribution in [2.45, 2.75) is 6.54 Å². The molecule has 2 aromatic rings. The number of hydrogen-bond donors (Lipinski definition) is 0. The second-order valence-electron chi connectivity index (χ2n) is 3.20. The van der Waals surface area contributed by atoms with Gasteiger partial charge in [0.25, 0.3) is 5.56 Å². The SMILES string of the molecule is Cn1cc(Cn2cnc(Cl)cc2=O)cn1. The van der Waals surface area contributed by atoms with Crippen LogP contribution in [0.2, 0.25) is 5.15 Å². The summed E-state index contributed by atoms with van der Waals surface area (Å²) in [4.78, 5) is 15.3. The van der Waals surface area contributed by atoms with Crippen molar-refractivity contribution in [2.75, 3.05) is 0 Å². The largest absolute Gasteiger partial charge is 0.295 e. The zero-order valence-corrected chi connectivity index (χ0v) is 8.85. The molecule has 2 heterocycles. The molecule has 0 aromatic carbocycles. The van der Waals surface area contributed by atoms with Gasteiger partial charge in [0.05, 0.1) is 19.1 Å². The number of aromatic nitrogens is 4. The molecule has 0 fully saturated rings. The highest BCUT2D eigenvalue weighted by Gasteiger charge is 2.01. The Morgan fingerprint density at radius 2 is 2.33 bits per heavy atom. The highest BCUT2D eigenvalue weighted by Crippen LogP contribution is 2.00. The van der Waals surface area contributed by atoms with Crippen molar-refractivity contribution in [3.63, 3.8) is 0 Å². The number of aryl methyl sites for hydroxylation is 1. The van der Waals surface area contributed by atoms with E-state index in [9.17, 15) is 4.79 Å². The van der Waals surface area contributed by atoms with Crippen LogP contribution in [0.3, 0.4) is 0 Å². The first kappa shape index (κ1) is 9.92. The summed E-state index contributed by atoms with van der Waals surface area (Å²) in [6.07, 6.45) is 4.99. The highest BCUT2D eigenvalue weighted by atomic mass is 35.5. The van der Waals surface area contributed by atoms with Gasteiger partial charge in [-0.3, -0.25) is 14.0 Å². The zero-order chi connectivity index (χ0) is 10.8. The average Bonchev–Trinajstić information content (AvgIpc) is 2.56. The van der Waals surface area contributed by atoms with Gasteiger partial charge in [-0.1, -0.05) is 11.6 Å². The van der Waals surface area contributed by atoms with Crippen LogP contribution in [0, 0.1) is 0 Å². The molecule has 15 heavy (non-hydrogen) atoms. The molecule has 0 aliphatic carbocycles. The third-order valence-corrected chi connectivity index (χ3v) is 2.16. The van der Waals surface area contributed by atoms with Crippen molar-refractivity contribution >= 4 is 11.6 Å². The van der Waals surface area contributed by atoms with E-state index in [1.807, 2.05) is 13.2 Å². The van der Waals surface area contributed by atoms with Gasteiger partial charge < -0.3 is 0 Å². The maximum Gasteiger partial charge on any atom is 0.255 e. The second kappa shape index (κ2) is 3.86. The van der Waals surface area contributed by atoms with Crippen molar-refractivity contribution < 1.29 is 0 Å². The van der Waals surface area contributed by atoms with Gasteiger partial charge >= 0.3 is 0 Å². The lowest BCUT2D eigenvalue weighted by atomic mass is 10.3. The summed E-state index contributed by atoms with van der Waals surface area (Å²) in [5.41, 5.74) is 0.780. The van der Waals surface area contributed by atoms with Gasteiger partial charge in [0.15, 0.2) is 0 Å². The Kier molecular flexibility index (Phi) is 2.55. The topological polar surface area (TPSA) is 52.7 Å². The van der Waals surface area contributed by atoms with Crippen molar-refractivity contribution in [3.8, 4) is 0 Å². The molecule has 0 aliphatic heterocycles. The molecule has 0 spiro atoms. The van der Waals surface area contributed by atoms with E-state index < -0.39 is 0 Å². The number of rotatable bonds is 2. The molecule has 0 amide bonds. The number of hydrogen-bond acceptors (Lipinski definition) is 3. The van der Waals surface area contributed by atoms with Crippen molar-refractivity contribution in [2.24, 2.45) is 7.05 Å². The summed E-state index contributed by atoms with van der Waals surface area (Å²) >= 11 is 5.58. The molecule has 0 radical (unpaired) electrons. The van der Waals surface area contributed by atoms with Crippen LogP contribution in [0.4, 0.5) is 0 Å². The van der Waals surface area contributed by atoms with Crippen LogP contribution in [0.15, 0.2) is 29.6 Å². The van der Waals surface area contributed by atoms with E-state index in [0.29, 0.717) is 6.54 Å². The van der Waals surface area contributed by atoms with Gasteiger partial charge in [-0.05, 0) is 0 Å². The van der Waals surface area contributed by atoms with Gasteiger partial charge in [0.2, 0.25) is 0 Å². The summed E-state index contributed by atoms with van der Waals surface area (Å²) in [5.74, 6) is 0. The van der Waals surface area contributed by atoms with Crippen LogP contribution >= 0.6 is 11.6 Å². The first-order valence-electron chi connectivity index (χ1n) is 4.34. The van der Waals surface area contributed by atoms with Crippen molar-refractivity contribution in [1.29, 1.82) is 0 Å². The molecule has 2 aromatic heterocycles. The molecule has 2 rings (SSSR count). The van der Waals surface area contributed by atoms with Crippen LogP contribution in [-0.4, -0.2) is 19.3 Å². The minimum atomic E-state index is -0.168. The summed E-state index contributed by atoms with van der Waals surface area (Å²) in [5, 5.41) is 4.23. The smallest absolute Gasteiger partial charge is 0.255 e. The molecular formula is C9H9ClN4O. The van der Waals surface area contributed by atoms with E-state index in [1.165, 1.54) is 17.0 Å². The normalized spacial score (nSPS) is 10.5. The minimum absolute atomic E-state index is 0.168. The monoisotopic (exact) mass is 224 g/mol. The van der Waals surface area contributed by atoms with Crippen molar-refractivity contribution in [3.05, 3.63) is 45.9 Å². The van der Waals surface area contributed by atoms with E-state index in [2.05, 4.69) is 10.1 Å². The van der Waals surface area contributed by atoms with E-state index in [-0.39, 0.29) is 10.7 Å². The number of nitrogens with zero attached hydrogens (tertiary/aromatic N) is 4. The molecule has 0 bridgehead atoms. The summed E-state index contributed by atoms with van der Waals surface area (Å²) in [6, 6.07) is 1.29. The quantitative estimate of drug-likeness (QED) is 0.705. The lowest BCUT2D eigenvalue weighted by Gasteiger charge is -2.01. The van der Waals surface area contributed by atoms with Crippen LogP contribution in [0.1, 0.15) is 5.56 Å². The first-order valence-corrected chi connectivity index (χ1v) is 4.72. The van der Waals surface area contributed by atoms with E-state index in [4.69, 9.17) is 11.6 Å². The Hall–Kier alpha value is -1.62. The molecule has 6 heteroatoms. The van der Waals surface area contributed by atoms with Gasteiger partial charge in [-0.15, -0.1) is 0 Å². The van der Waals surface area contributed by atoms with E-state index in [0.717, 1.165) is 5.56 Å². The van der Waals surface area contributed by atoms with Crippen LogP contribution in [-0.2, 0) is 13.6 Å². The molecule has 0 N–H and O–H groups in total. The van der Waals surface area contributed by atoms with Gasteiger partial charge in [0.1, 0.15) is 5.15 Å². The molecule has 0 unspecified atom stereocenters. The van der Waals surface area contributed by atoms with Gasteiger partial charge in [-0.25, -0.2) is 4.98 Å². The lowest BCUT2D eigenvalue weighted by Crippen LogP contribution is -2.19. The van der Waals surface area contributed by atoms with Gasteiger partial charge in [-0.2, -0.15) is 5.10 Å². The molecule has 0 aliphatic rings. The fourth-order valence-corrected chi connectivity index (χ4v) is 1.41. The fraction of sp³-hybridized carbons (Fsp3) is 0.222. The summed E-state index contributed by atoms with van der Waals surface area (Å²) in [6.45, 7) is 0.455. The third kappa shape index (κ3) is 2.24. The fourth-order valence-electron chi connectivity index (χ4n) is 1.27. The standard InChI is InChI=1S/C9H9ClN4O/c1-13-4-7(3-12-13)5-14-6-11-8(10)2-9(14)15/h2-4,6H,5H2,1H3. The average molecular weight is 225 g/mol. The maximum atomic E-state index is 11.5. The predicted molar refractivity (Wildman–Crippen MR) is 55.8 cm³/mol. The van der Waals surface area contributed by atoms with E-state index >= 15 is 0 Å². The minimum Gasteiger partial charge on any atom is -0.295 e. The summed E-state index contributed by atoms with van der Waals surface area (Å²) in [7, 11) is 1.83. The maximum absolute atomic E-state index is 11.5. The molecular weight excluding hydrogens is 216 g/mol. The summed E-state index contributed by atoms with van der Waals surface area (Å²) < 4.78 is 3.16. The van der Waals surface area contributed by atoms with Crippen LogP contribution < -0.4 is 5.56 Å². The molecule has 5 nitrogen and oxygen atoms in total.